The zero-order chi connectivity index (χ0) is 15.7. The van der Waals surface area contributed by atoms with E-state index in [1.807, 2.05) is 0 Å². The van der Waals surface area contributed by atoms with E-state index in [9.17, 15) is 9.90 Å². The number of hydrogen-bond donors (Lipinski definition) is 1. The van der Waals surface area contributed by atoms with E-state index in [4.69, 9.17) is 0 Å². The predicted molar refractivity (Wildman–Crippen MR) is 87.3 cm³/mol. The lowest BCUT2D eigenvalue weighted by Crippen LogP contribution is -2.56. The van der Waals surface area contributed by atoms with Crippen LogP contribution in [-0.4, -0.2) is 17.0 Å². The Morgan fingerprint density at radius 1 is 1.14 bits per heavy atom. The van der Waals surface area contributed by atoms with Crippen molar-refractivity contribution in [3.63, 3.8) is 0 Å². The van der Waals surface area contributed by atoms with Crippen LogP contribution in [-0.2, 0) is 4.79 Å². The maximum atomic E-state index is 12.5. The Morgan fingerprint density at radius 3 is 2.68 bits per heavy atom. The maximum absolute atomic E-state index is 12.5. The van der Waals surface area contributed by atoms with Crippen molar-refractivity contribution in [1.82, 2.24) is 0 Å². The number of carbonyl (C=O) groups is 1. The van der Waals surface area contributed by atoms with E-state index in [-0.39, 0.29) is 11.5 Å². The van der Waals surface area contributed by atoms with Crippen LogP contribution in [0.1, 0.15) is 72.1 Å². The summed E-state index contributed by atoms with van der Waals surface area (Å²) in [6.07, 6.45) is 8.81. The van der Waals surface area contributed by atoms with Gasteiger partial charge >= 0.3 is 0 Å². The van der Waals surface area contributed by atoms with Crippen molar-refractivity contribution in [2.75, 3.05) is 0 Å². The molecule has 4 aliphatic carbocycles. The molecule has 0 bridgehead atoms. The highest BCUT2D eigenvalue weighted by Crippen LogP contribution is 2.66. The first kappa shape index (κ1) is 15.2. The summed E-state index contributed by atoms with van der Waals surface area (Å²) in [5, 5.41) is 10.1. The van der Waals surface area contributed by atoms with Crippen LogP contribution in [0.25, 0.3) is 0 Å². The summed E-state index contributed by atoms with van der Waals surface area (Å²) in [5.74, 6) is 4.11. The number of fused-ring (bicyclic) bond motifs is 5. The van der Waals surface area contributed by atoms with Gasteiger partial charge in [0.15, 0.2) is 0 Å². The SMILES string of the molecule is C[C@@H]1C[C@]2(C)C(=O)CC[C@H]2[C@@H]2CC[C@H]3C[C@H](O)CC[C@]3(C)[C@H]21. The van der Waals surface area contributed by atoms with E-state index in [1.165, 1.54) is 19.3 Å². The molecule has 0 aliphatic heterocycles. The molecular formula is C20H32O2. The summed E-state index contributed by atoms with van der Waals surface area (Å²) >= 11 is 0. The van der Waals surface area contributed by atoms with Gasteiger partial charge in [-0.05, 0) is 80.0 Å². The fraction of sp³-hybridized carbons (Fsp3) is 0.950. The number of carbonyl (C=O) groups excluding carboxylic acids is 1. The lowest BCUT2D eigenvalue weighted by atomic mass is 9.43. The van der Waals surface area contributed by atoms with Gasteiger partial charge in [-0.2, -0.15) is 0 Å². The van der Waals surface area contributed by atoms with Crippen molar-refractivity contribution in [1.29, 1.82) is 0 Å². The Labute approximate surface area is 135 Å². The minimum Gasteiger partial charge on any atom is -0.393 e. The first-order valence-corrected chi connectivity index (χ1v) is 9.57. The van der Waals surface area contributed by atoms with E-state index in [0.717, 1.165) is 43.9 Å². The van der Waals surface area contributed by atoms with Gasteiger partial charge in [0.25, 0.3) is 0 Å². The summed E-state index contributed by atoms with van der Waals surface area (Å²) in [5.41, 5.74) is 0.395. The zero-order valence-electron chi connectivity index (χ0n) is 14.5. The number of hydrogen-bond acceptors (Lipinski definition) is 2. The molecule has 0 aromatic carbocycles. The second kappa shape index (κ2) is 4.82. The third-order valence-corrected chi connectivity index (χ3v) is 8.59. The Morgan fingerprint density at radius 2 is 1.91 bits per heavy atom. The number of aliphatic hydroxyl groups excluding tert-OH is 1. The standard InChI is InChI=1S/C20H32O2/c1-12-11-20(3)16(6-7-17(20)22)15-5-4-13-10-14(21)8-9-19(13,2)18(12)15/h12-16,18,21H,4-11H2,1-3H3/t12-,13+,14-,15+,16+,18+,19+,20+/m1/s1. The topological polar surface area (TPSA) is 37.3 Å². The summed E-state index contributed by atoms with van der Waals surface area (Å²) in [7, 11) is 0. The normalized spacial score (nSPS) is 57.9. The van der Waals surface area contributed by atoms with Crippen LogP contribution < -0.4 is 0 Å². The smallest absolute Gasteiger partial charge is 0.139 e. The van der Waals surface area contributed by atoms with Crippen molar-refractivity contribution in [3.05, 3.63) is 0 Å². The predicted octanol–water partition coefficient (Wildman–Crippen LogP) is 4.21. The minimum absolute atomic E-state index is 0.0159. The van der Waals surface area contributed by atoms with Crippen LogP contribution in [0.15, 0.2) is 0 Å². The molecule has 8 atom stereocenters. The second-order valence-corrected chi connectivity index (χ2v) is 9.57. The number of aliphatic hydroxyl groups is 1. The van der Waals surface area contributed by atoms with Gasteiger partial charge in [-0.3, -0.25) is 4.79 Å². The van der Waals surface area contributed by atoms with E-state index in [1.54, 1.807) is 0 Å². The van der Waals surface area contributed by atoms with E-state index in [2.05, 4.69) is 20.8 Å². The molecule has 0 heterocycles. The largest absolute Gasteiger partial charge is 0.393 e. The lowest BCUT2D eigenvalue weighted by Gasteiger charge is -2.62. The number of ketones is 1. The zero-order valence-corrected chi connectivity index (χ0v) is 14.5. The molecule has 0 amide bonds. The first-order valence-electron chi connectivity index (χ1n) is 9.57. The van der Waals surface area contributed by atoms with Crippen molar-refractivity contribution < 1.29 is 9.90 Å². The molecule has 0 unspecified atom stereocenters. The van der Waals surface area contributed by atoms with Gasteiger partial charge in [-0.15, -0.1) is 0 Å². The molecule has 2 heteroatoms. The van der Waals surface area contributed by atoms with Crippen molar-refractivity contribution in [2.24, 2.45) is 40.4 Å². The van der Waals surface area contributed by atoms with E-state index < -0.39 is 0 Å². The molecule has 0 aromatic heterocycles. The minimum atomic E-state index is -0.0631. The first-order chi connectivity index (χ1) is 10.4. The fourth-order valence-electron chi connectivity index (χ4n) is 7.71. The van der Waals surface area contributed by atoms with Crippen molar-refractivity contribution >= 4 is 5.78 Å². The second-order valence-electron chi connectivity index (χ2n) is 9.57. The Bertz CT molecular complexity index is 486. The van der Waals surface area contributed by atoms with Crippen LogP contribution in [0, 0.1) is 40.4 Å². The third kappa shape index (κ3) is 1.85. The third-order valence-electron chi connectivity index (χ3n) is 8.59. The molecule has 4 aliphatic rings. The van der Waals surface area contributed by atoms with Gasteiger partial charge in [-0.1, -0.05) is 20.8 Å². The summed E-state index contributed by atoms with van der Waals surface area (Å²) in [6, 6.07) is 0. The molecule has 0 aromatic rings. The van der Waals surface area contributed by atoms with Gasteiger partial charge < -0.3 is 5.11 Å². The molecule has 1 N–H and O–H groups in total. The fourth-order valence-corrected chi connectivity index (χ4v) is 7.71. The highest BCUT2D eigenvalue weighted by Gasteiger charge is 2.62. The van der Waals surface area contributed by atoms with E-state index in [0.29, 0.717) is 29.0 Å². The molecule has 22 heavy (non-hydrogen) atoms. The van der Waals surface area contributed by atoms with Crippen molar-refractivity contribution in [2.45, 2.75) is 78.2 Å². The van der Waals surface area contributed by atoms with Gasteiger partial charge in [0, 0.05) is 11.8 Å². The molecular weight excluding hydrogens is 272 g/mol. The molecule has 0 saturated heterocycles. The monoisotopic (exact) mass is 304 g/mol. The van der Waals surface area contributed by atoms with Gasteiger partial charge in [0.05, 0.1) is 6.10 Å². The molecule has 0 spiro atoms. The quantitative estimate of drug-likeness (QED) is 0.728. The maximum Gasteiger partial charge on any atom is 0.139 e. The average Bonchev–Trinajstić information content (AvgIpc) is 2.75. The number of Topliss-reactive ketones (excluding diaryl/α,β-unsaturated/α-hetero) is 1. The van der Waals surface area contributed by atoms with Crippen molar-refractivity contribution in [3.8, 4) is 0 Å². The Kier molecular flexibility index (Phi) is 3.32. The van der Waals surface area contributed by atoms with E-state index >= 15 is 0 Å². The van der Waals surface area contributed by atoms with Crippen LogP contribution in [0.4, 0.5) is 0 Å². The van der Waals surface area contributed by atoms with Crippen LogP contribution in [0.3, 0.4) is 0 Å². The summed E-state index contributed by atoms with van der Waals surface area (Å²) < 4.78 is 0. The average molecular weight is 304 g/mol. The van der Waals surface area contributed by atoms with Gasteiger partial charge in [-0.25, -0.2) is 0 Å². The molecule has 2 nitrogen and oxygen atoms in total. The molecule has 0 radical (unpaired) electrons. The summed E-state index contributed by atoms with van der Waals surface area (Å²) in [6.45, 7) is 7.22. The Balaban J connectivity index is 1.69. The lowest BCUT2D eigenvalue weighted by molar-refractivity contribution is -0.155. The Hall–Kier alpha value is -0.370. The molecule has 124 valence electrons. The van der Waals surface area contributed by atoms with Gasteiger partial charge in [0.2, 0.25) is 0 Å². The van der Waals surface area contributed by atoms with Gasteiger partial charge in [0.1, 0.15) is 5.78 Å². The molecule has 4 rings (SSSR count). The summed E-state index contributed by atoms with van der Waals surface area (Å²) in [4.78, 5) is 12.5. The van der Waals surface area contributed by atoms with Crippen LogP contribution in [0.2, 0.25) is 0 Å². The number of rotatable bonds is 0. The van der Waals surface area contributed by atoms with Crippen LogP contribution >= 0.6 is 0 Å². The van der Waals surface area contributed by atoms with Crippen LogP contribution in [0.5, 0.6) is 0 Å². The molecule has 4 saturated carbocycles. The molecule has 4 fully saturated rings. The highest BCUT2D eigenvalue weighted by atomic mass is 16.3. The highest BCUT2D eigenvalue weighted by molar-refractivity contribution is 5.87.